The summed E-state index contributed by atoms with van der Waals surface area (Å²) in [5, 5.41) is 7.13. The van der Waals surface area contributed by atoms with Gasteiger partial charge in [0.15, 0.2) is 0 Å². The van der Waals surface area contributed by atoms with Crippen molar-refractivity contribution in [3.63, 3.8) is 0 Å². The van der Waals surface area contributed by atoms with Gasteiger partial charge in [-0.25, -0.2) is 4.68 Å². The lowest BCUT2D eigenvalue weighted by Crippen LogP contribution is -2.23. The van der Waals surface area contributed by atoms with Gasteiger partial charge in [0.05, 0.1) is 5.02 Å². The van der Waals surface area contributed by atoms with E-state index in [0.717, 1.165) is 4.68 Å². The molecular weight excluding hydrogens is 342 g/mol. The fraction of sp³-hybridized carbons (Fsp3) is 0.0556. The van der Waals surface area contributed by atoms with Crippen LogP contribution in [0.2, 0.25) is 5.02 Å². The molecule has 25 heavy (non-hydrogen) atoms. The molecule has 1 aromatic heterocycles. The Morgan fingerprint density at radius 3 is 2.48 bits per heavy atom. The zero-order valence-corrected chi connectivity index (χ0v) is 14.0. The molecule has 0 fully saturated rings. The van der Waals surface area contributed by atoms with Gasteiger partial charge in [-0.1, -0.05) is 23.7 Å². The molecule has 0 aliphatic rings. The summed E-state index contributed by atoms with van der Waals surface area (Å²) in [6.07, 6.45) is 0. The van der Waals surface area contributed by atoms with Crippen molar-refractivity contribution in [2.75, 3.05) is 5.32 Å². The molecule has 0 aliphatic carbocycles. The van der Waals surface area contributed by atoms with Crippen molar-refractivity contribution in [3.8, 4) is 11.5 Å². The van der Waals surface area contributed by atoms with E-state index in [9.17, 15) is 9.59 Å². The maximum atomic E-state index is 12.2. The number of para-hydroxylation sites is 1. The Morgan fingerprint density at radius 2 is 1.80 bits per heavy atom. The van der Waals surface area contributed by atoms with Crippen LogP contribution in [0.1, 0.15) is 10.5 Å². The van der Waals surface area contributed by atoms with E-state index in [1.165, 1.54) is 19.2 Å². The number of carbonyl (C=O) groups is 1. The van der Waals surface area contributed by atoms with E-state index < -0.39 is 5.91 Å². The number of hydrogen-bond acceptors (Lipinski definition) is 4. The summed E-state index contributed by atoms with van der Waals surface area (Å²) in [5.74, 6) is 0.733. The minimum atomic E-state index is -0.407. The second-order valence-electron chi connectivity index (χ2n) is 5.19. The fourth-order valence-corrected chi connectivity index (χ4v) is 2.25. The van der Waals surface area contributed by atoms with Crippen LogP contribution in [0.15, 0.2) is 65.5 Å². The third-order valence-electron chi connectivity index (χ3n) is 3.37. The number of benzene rings is 2. The molecule has 0 unspecified atom stereocenters. The lowest BCUT2D eigenvalue weighted by Gasteiger charge is -2.09. The van der Waals surface area contributed by atoms with E-state index in [-0.39, 0.29) is 11.3 Å². The highest BCUT2D eigenvalue weighted by atomic mass is 35.5. The van der Waals surface area contributed by atoms with Crippen LogP contribution < -0.4 is 15.6 Å². The second-order valence-corrected chi connectivity index (χ2v) is 5.60. The van der Waals surface area contributed by atoms with Crippen molar-refractivity contribution >= 4 is 23.2 Å². The summed E-state index contributed by atoms with van der Waals surface area (Å²) < 4.78 is 6.79. The van der Waals surface area contributed by atoms with Crippen LogP contribution in [-0.2, 0) is 7.05 Å². The van der Waals surface area contributed by atoms with E-state index in [1.807, 2.05) is 12.1 Å². The van der Waals surface area contributed by atoms with E-state index in [0.29, 0.717) is 22.2 Å². The number of rotatable bonds is 4. The standard InChI is InChI=1S/C18H14ClN3O3/c1-22-17(23)11-10-15(21-22)18(24)20-12-6-8-13(9-7-12)25-16-5-3-2-4-14(16)19/h2-11H,1H3,(H,20,24). The van der Waals surface area contributed by atoms with Crippen LogP contribution in [0.5, 0.6) is 11.5 Å². The van der Waals surface area contributed by atoms with Crippen molar-refractivity contribution in [1.82, 2.24) is 9.78 Å². The number of nitrogens with one attached hydrogen (secondary N) is 1. The van der Waals surface area contributed by atoms with Crippen LogP contribution in [0.3, 0.4) is 0 Å². The molecule has 0 saturated heterocycles. The molecule has 0 spiro atoms. The van der Waals surface area contributed by atoms with E-state index in [1.54, 1.807) is 36.4 Å². The number of aromatic nitrogens is 2. The van der Waals surface area contributed by atoms with Gasteiger partial charge in [0.2, 0.25) is 0 Å². The Labute approximate surface area is 148 Å². The number of halogens is 1. The Balaban J connectivity index is 1.70. The zero-order chi connectivity index (χ0) is 17.8. The normalized spacial score (nSPS) is 10.3. The molecule has 0 radical (unpaired) electrons. The molecule has 1 N–H and O–H groups in total. The van der Waals surface area contributed by atoms with Crippen LogP contribution in [0.25, 0.3) is 0 Å². The number of carbonyl (C=O) groups excluding carboxylic acids is 1. The Morgan fingerprint density at radius 1 is 1.08 bits per heavy atom. The number of aryl methyl sites for hydroxylation is 1. The van der Waals surface area contributed by atoms with E-state index >= 15 is 0 Å². The number of ether oxygens (including phenoxy) is 1. The summed E-state index contributed by atoms with van der Waals surface area (Å²) in [6.45, 7) is 0. The smallest absolute Gasteiger partial charge is 0.276 e. The summed E-state index contributed by atoms with van der Waals surface area (Å²) in [5.41, 5.74) is 0.447. The lowest BCUT2D eigenvalue weighted by atomic mass is 10.2. The molecular formula is C18H14ClN3O3. The Kier molecular flexibility index (Phi) is 4.81. The maximum Gasteiger partial charge on any atom is 0.276 e. The Hall–Kier alpha value is -3.12. The maximum absolute atomic E-state index is 12.2. The second kappa shape index (κ2) is 7.19. The lowest BCUT2D eigenvalue weighted by molar-refractivity contribution is 0.102. The third-order valence-corrected chi connectivity index (χ3v) is 3.68. The first-order chi connectivity index (χ1) is 12.0. The highest BCUT2D eigenvalue weighted by Gasteiger charge is 2.09. The number of nitrogens with zero attached hydrogens (tertiary/aromatic N) is 2. The summed E-state index contributed by atoms with van der Waals surface area (Å²) in [6, 6.07) is 16.7. The van der Waals surface area contributed by atoms with Crippen LogP contribution in [0.4, 0.5) is 5.69 Å². The molecule has 3 rings (SSSR count). The molecule has 0 atom stereocenters. The van der Waals surface area contributed by atoms with Gasteiger partial charge in [-0.05, 0) is 42.5 Å². The molecule has 1 amide bonds. The molecule has 1 heterocycles. The van der Waals surface area contributed by atoms with Gasteiger partial charge in [-0.15, -0.1) is 0 Å². The van der Waals surface area contributed by atoms with Gasteiger partial charge in [-0.3, -0.25) is 9.59 Å². The SMILES string of the molecule is Cn1nc(C(=O)Nc2ccc(Oc3ccccc3Cl)cc2)ccc1=O. The highest BCUT2D eigenvalue weighted by Crippen LogP contribution is 2.29. The molecule has 0 aliphatic heterocycles. The molecule has 7 heteroatoms. The van der Waals surface area contributed by atoms with Gasteiger partial charge in [-0.2, -0.15) is 5.10 Å². The predicted octanol–water partition coefficient (Wildman–Crippen LogP) is 3.48. The predicted molar refractivity (Wildman–Crippen MR) is 95.4 cm³/mol. The van der Waals surface area contributed by atoms with Crippen molar-refractivity contribution in [2.24, 2.45) is 7.05 Å². The number of hydrogen-bond donors (Lipinski definition) is 1. The van der Waals surface area contributed by atoms with Gasteiger partial charge < -0.3 is 10.1 Å². The summed E-state index contributed by atoms with van der Waals surface area (Å²) in [4.78, 5) is 23.5. The number of anilines is 1. The van der Waals surface area contributed by atoms with Gasteiger partial charge in [0, 0.05) is 18.8 Å². The fourth-order valence-electron chi connectivity index (χ4n) is 2.08. The highest BCUT2D eigenvalue weighted by molar-refractivity contribution is 6.32. The summed E-state index contributed by atoms with van der Waals surface area (Å²) in [7, 11) is 1.49. The largest absolute Gasteiger partial charge is 0.456 e. The molecule has 6 nitrogen and oxygen atoms in total. The van der Waals surface area contributed by atoms with Gasteiger partial charge in [0.1, 0.15) is 17.2 Å². The van der Waals surface area contributed by atoms with Crippen LogP contribution >= 0.6 is 11.6 Å². The molecule has 126 valence electrons. The first kappa shape index (κ1) is 16.7. The minimum absolute atomic E-state index is 0.151. The van der Waals surface area contributed by atoms with Gasteiger partial charge >= 0.3 is 0 Å². The zero-order valence-electron chi connectivity index (χ0n) is 13.3. The topological polar surface area (TPSA) is 73.2 Å². The first-order valence-electron chi connectivity index (χ1n) is 7.41. The minimum Gasteiger partial charge on any atom is -0.456 e. The van der Waals surface area contributed by atoms with E-state index in [4.69, 9.17) is 16.3 Å². The molecule has 2 aromatic carbocycles. The first-order valence-corrected chi connectivity index (χ1v) is 7.79. The van der Waals surface area contributed by atoms with Crippen molar-refractivity contribution in [1.29, 1.82) is 0 Å². The van der Waals surface area contributed by atoms with Crippen molar-refractivity contribution in [2.45, 2.75) is 0 Å². The number of amides is 1. The monoisotopic (exact) mass is 355 g/mol. The average Bonchev–Trinajstić information content (AvgIpc) is 2.61. The van der Waals surface area contributed by atoms with E-state index in [2.05, 4.69) is 10.4 Å². The molecule has 3 aromatic rings. The van der Waals surface area contributed by atoms with Crippen LogP contribution in [0, 0.1) is 0 Å². The summed E-state index contributed by atoms with van der Waals surface area (Å²) >= 11 is 6.05. The molecule has 0 saturated carbocycles. The van der Waals surface area contributed by atoms with Gasteiger partial charge in [0.25, 0.3) is 11.5 Å². The molecule has 0 bridgehead atoms. The van der Waals surface area contributed by atoms with Crippen molar-refractivity contribution in [3.05, 3.63) is 81.7 Å². The average molecular weight is 356 g/mol. The third kappa shape index (κ3) is 4.05. The van der Waals surface area contributed by atoms with Crippen LogP contribution in [-0.4, -0.2) is 15.7 Å². The Bertz CT molecular complexity index is 968. The quantitative estimate of drug-likeness (QED) is 0.777. The van der Waals surface area contributed by atoms with Crippen molar-refractivity contribution < 1.29 is 9.53 Å².